The minimum Gasteiger partial charge on any atom is -0.465 e. The van der Waals surface area contributed by atoms with Crippen LogP contribution in [0.15, 0.2) is 11.1 Å². The minimum atomic E-state index is -3.88. The van der Waals surface area contributed by atoms with Gasteiger partial charge in [0.15, 0.2) is 0 Å². The fourth-order valence-electron chi connectivity index (χ4n) is 1.64. The zero-order chi connectivity index (χ0) is 15.3. The lowest BCUT2D eigenvalue weighted by Gasteiger charge is -2.22. The van der Waals surface area contributed by atoms with Gasteiger partial charge in [-0.15, -0.1) is 0 Å². The summed E-state index contributed by atoms with van der Waals surface area (Å²) in [5, 5.41) is 5.96. The van der Waals surface area contributed by atoms with Crippen LogP contribution in [-0.2, 0) is 19.6 Å². The quantitative estimate of drug-likeness (QED) is 0.695. The molecule has 0 amide bonds. The van der Waals surface area contributed by atoms with Crippen molar-refractivity contribution in [1.82, 2.24) is 14.5 Å². The second-order valence-corrected chi connectivity index (χ2v) is 6.55. The van der Waals surface area contributed by atoms with Gasteiger partial charge in [0.2, 0.25) is 10.0 Å². The van der Waals surface area contributed by atoms with E-state index < -0.39 is 16.0 Å². The number of aromatic nitrogens is 2. The Bertz CT molecular complexity index is 553. The molecule has 3 N–H and O–H groups in total. The van der Waals surface area contributed by atoms with Crippen LogP contribution >= 0.6 is 0 Å². The van der Waals surface area contributed by atoms with Crippen molar-refractivity contribution < 1.29 is 17.9 Å². The van der Waals surface area contributed by atoms with E-state index in [1.807, 2.05) is 13.8 Å². The molecule has 20 heavy (non-hydrogen) atoms. The van der Waals surface area contributed by atoms with Crippen molar-refractivity contribution in [2.45, 2.75) is 25.7 Å². The molecule has 1 rings (SSSR count). The van der Waals surface area contributed by atoms with Crippen LogP contribution in [0.1, 0.15) is 20.8 Å². The third kappa shape index (κ3) is 3.94. The standard InChI is InChI=1S/C11H20N4O4S/c1-4-19-10(16)7-15(6-8(2)3)20(17,18)9-5-13-14-11(9)12/h5,8H,4,6-7H2,1-3H3,(H3,12,13,14). The maximum atomic E-state index is 12.5. The smallest absolute Gasteiger partial charge is 0.321 e. The molecular weight excluding hydrogens is 284 g/mol. The summed E-state index contributed by atoms with van der Waals surface area (Å²) in [7, 11) is -3.88. The summed E-state index contributed by atoms with van der Waals surface area (Å²) in [5.74, 6) is -0.603. The summed E-state index contributed by atoms with van der Waals surface area (Å²) in [6, 6.07) is 0. The molecule has 0 saturated heterocycles. The van der Waals surface area contributed by atoms with Gasteiger partial charge in [-0.1, -0.05) is 13.8 Å². The first-order valence-corrected chi connectivity index (χ1v) is 7.67. The first-order valence-electron chi connectivity index (χ1n) is 6.23. The number of hydrogen-bond acceptors (Lipinski definition) is 6. The Labute approximate surface area is 118 Å². The number of nitrogens with two attached hydrogens (primary N) is 1. The fourth-order valence-corrected chi connectivity index (χ4v) is 3.19. The fraction of sp³-hybridized carbons (Fsp3) is 0.636. The van der Waals surface area contributed by atoms with Gasteiger partial charge in [0.25, 0.3) is 0 Å². The average Bonchev–Trinajstić information content (AvgIpc) is 2.75. The molecule has 0 bridgehead atoms. The molecule has 9 heteroatoms. The molecule has 0 radical (unpaired) electrons. The predicted molar refractivity (Wildman–Crippen MR) is 73.2 cm³/mol. The lowest BCUT2D eigenvalue weighted by Crippen LogP contribution is -2.39. The summed E-state index contributed by atoms with van der Waals surface area (Å²) < 4.78 is 30.8. The Morgan fingerprint density at radius 3 is 2.65 bits per heavy atom. The summed E-state index contributed by atoms with van der Waals surface area (Å²) in [4.78, 5) is 11.4. The van der Waals surface area contributed by atoms with Gasteiger partial charge < -0.3 is 10.5 Å². The lowest BCUT2D eigenvalue weighted by atomic mass is 10.2. The summed E-state index contributed by atoms with van der Waals surface area (Å²) in [5.41, 5.74) is 5.54. The van der Waals surface area contributed by atoms with Crippen LogP contribution in [0.2, 0.25) is 0 Å². The van der Waals surface area contributed by atoms with Gasteiger partial charge in [0.05, 0.1) is 12.8 Å². The van der Waals surface area contributed by atoms with E-state index in [9.17, 15) is 13.2 Å². The van der Waals surface area contributed by atoms with Gasteiger partial charge in [-0.3, -0.25) is 9.89 Å². The van der Waals surface area contributed by atoms with E-state index in [0.29, 0.717) is 0 Å². The molecule has 0 unspecified atom stereocenters. The van der Waals surface area contributed by atoms with Crippen LogP contribution in [0.5, 0.6) is 0 Å². The molecule has 1 heterocycles. The van der Waals surface area contributed by atoms with Crippen LogP contribution in [-0.4, -0.2) is 48.6 Å². The second kappa shape index (κ2) is 6.71. The Kier molecular flexibility index (Phi) is 5.52. The van der Waals surface area contributed by atoms with Crippen molar-refractivity contribution >= 4 is 21.8 Å². The largest absolute Gasteiger partial charge is 0.465 e. The van der Waals surface area contributed by atoms with Crippen molar-refractivity contribution in [3.8, 4) is 0 Å². The number of nitrogens with one attached hydrogen (secondary N) is 1. The molecule has 1 aromatic rings. The second-order valence-electron chi connectivity index (χ2n) is 4.64. The number of esters is 1. The van der Waals surface area contributed by atoms with Gasteiger partial charge >= 0.3 is 5.97 Å². The number of ether oxygens (including phenoxy) is 1. The number of H-pyrrole nitrogens is 1. The Hall–Kier alpha value is -1.61. The topological polar surface area (TPSA) is 118 Å². The summed E-state index contributed by atoms with van der Waals surface area (Å²) in [6.45, 7) is 5.40. The lowest BCUT2D eigenvalue weighted by molar-refractivity contribution is -0.143. The number of sulfonamides is 1. The maximum Gasteiger partial charge on any atom is 0.321 e. The van der Waals surface area contributed by atoms with Crippen molar-refractivity contribution in [2.24, 2.45) is 5.92 Å². The average molecular weight is 304 g/mol. The summed E-state index contributed by atoms with van der Waals surface area (Å²) in [6.07, 6.45) is 1.13. The highest BCUT2D eigenvalue weighted by Gasteiger charge is 2.30. The Balaban J connectivity index is 3.04. The van der Waals surface area contributed by atoms with Crippen molar-refractivity contribution in [3.63, 3.8) is 0 Å². The number of anilines is 1. The van der Waals surface area contributed by atoms with Crippen LogP contribution < -0.4 is 5.73 Å². The molecule has 0 saturated carbocycles. The van der Waals surface area contributed by atoms with E-state index in [2.05, 4.69) is 10.2 Å². The number of nitrogen functional groups attached to an aromatic ring is 1. The number of hydrogen-bond donors (Lipinski definition) is 2. The van der Waals surface area contributed by atoms with E-state index in [1.54, 1.807) is 6.92 Å². The first-order chi connectivity index (χ1) is 9.28. The third-order valence-electron chi connectivity index (χ3n) is 2.43. The number of nitrogens with zero attached hydrogens (tertiary/aromatic N) is 2. The highest BCUT2D eigenvalue weighted by atomic mass is 32.2. The van der Waals surface area contributed by atoms with Crippen LogP contribution in [0.3, 0.4) is 0 Å². The molecule has 0 spiro atoms. The Morgan fingerprint density at radius 1 is 1.55 bits per heavy atom. The van der Waals surface area contributed by atoms with Gasteiger partial charge in [-0.25, -0.2) is 8.42 Å². The molecular formula is C11H20N4O4S. The van der Waals surface area contributed by atoms with E-state index >= 15 is 0 Å². The normalized spacial score (nSPS) is 12.1. The first kappa shape index (κ1) is 16.4. The van der Waals surface area contributed by atoms with E-state index in [4.69, 9.17) is 10.5 Å². The number of rotatable bonds is 7. The SMILES string of the molecule is CCOC(=O)CN(CC(C)C)S(=O)(=O)c1cn[nH]c1N. The molecule has 8 nitrogen and oxygen atoms in total. The van der Waals surface area contributed by atoms with Crippen molar-refractivity contribution in [1.29, 1.82) is 0 Å². The van der Waals surface area contributed by atoms with Gasteiger partial charge in [-0.05, 0) is 12.8 Å². The Morgan fingerprint density at radius 2 is 2.20 bits per heavy atom. The van der Waals surface area contributed by atoms with E-state index in [1.165, 1.54) is 0 Å². The van der Waals surface area contributed by atoms with Crippen LogP contribution in [0.4, 0.5) is 5.82 Å². The van der Waals surface area contributed by atoms with Gasteiger partial charge in [0, 0.05) is 6.54 Å². The van der Waals surface area contributed by atoms with Crippen LogP contribution in [0.25, 0.3) is 0 Å². The van der Waals surface area contributed by atoms with Gasteiger partial charge in [-0.2, -0.15) is 9.40 Å². The maximum absolute atomic E-state index is 12.5. The molecule has 0 aromatic carbocycles. The number of carbonyl (C=O) groups is 1. The van der Waals surface area contributed by atoms with E-state index in [-0.39, 0.29) is 36.3 Å². The molecule has 0 aliphatic heterocycles. The minimum absolute atomic E-state index is 0.0485. The zero-order valence-electron chi connectivity index (χ0n) is 11.8. The van der Waals surface area contributed by atoms with Crippen molar-refractivity contribution in [2.75, 3.05) is 25.4 Å². The van der Waals surface area contributed by atoms with Gasteiger partial charge in [0.1, 0.15) is 17.3 Å². The molecule has 0 aliphatic carbocycles. The highest BCUT2D eigenvalue weighted by Crippen LogP contribution is 2.20. The number of carbonyl (C=O) groups excluding carboxylic acids is 1. The highest BCUT2D eigenvalue weighted by molar-refractivity contribution is 7.89. The predicted octanol–water partition coefficient (Wildman–Crippen LogP) is 0.202. The molecule has 0 aliphatic rings. The third-order valence-corrected chi connectivity index (χ3v) is 4.27. The van der Waals surface area contributed by atoms with E-state index in [0.717, 1.165) is 10.5 Å². The molecule has 114 valence electrons. The monoisotopic (exact) mass is 304 g/mol. The molecule has 1 aromatic heterocycles. The van der Waals surface area contributed by atoms with Crippen molar-refractivity contribution in [3.05, 3.63) is 6.20 Å². The number of aromatic amines is 1. The molecule has 0 atom stereocenters. The summed E-state index contributed by atoms with van der Waals surface area (Å²) >= 11 is 0. The van der Waals surface area contributed by atoms with Crippen LogP contribution in [0, 0.1) is 5.92 Å². The molecule has 0 fully saturated rings. The zero-order valence-corrected chi connectivity index (χ0v) is 12.6.